The first kappa shape index (κ1) is 23.9. The number of hydrogen-bond acceptors (Lipinski definition) is 5. The molecular formula is C24H25N5O3S. The molecule has 0 unspecified atom stereocenters. The van der Waals surface area contributed by atoms with Crippen molar-refractivity contribution in [3.8, 4) is 23.0 Å². The molecule has 1 heterocycles. The number of carbonyl (C=O) groups is 1. The van der Waals surface area contributed by atoms with Crippen LogP contribution in [0.25, 0.3) is 23.0 Å². The largest absolute Gasteiger partial charge is 0.354 e. The van der Waals surface area contributed by atoms with Gasteiger partial charge in [-0.3, -0.25) is 4.79 Å². The molecule has 9 heteroatoms. The lowest BCUT2D eigenvalue weighted by molar-refractivity contribution is -0.116. The fraction of sp³-hybridized carbons (Fsp3) is 0.208. The minimum atomic E-state index is -3.67. The number of aromatic nitrogens is 2. The second kappa shape index (κ2) is 10.3. The molecule has 33 heavy (non-hydrogen) atoms. The summed E-state index contributed by atoms with van der Waals surface area (Å²) in [5.74, 6) is -0.520. The lowest BCUT2D eigenvalue weighted by atomic mass is 10.1. The highest BCUT2D eigenvalue weighted by Crippen LogP contribution is 2.28. The molecule has 0 fully saturated rings. The number of carbonyl (C=O) groups excluding carboxylic acids is 1. The number of para-hydroxylation sites is 1. The van der Waals surface area contributed by atoms with Crippen molar-refractivity contribution >= 4 is 22.0 Å². The Kier molecular flexibility index (Phi) is 7.43. The van der Waals surface area contributed by atoms with E-state index in [4.69, 9.17) is 0 Å². The van der Waals surface area contributed by atoms with Crippen LogP contribution in [-0.4, -0.2) is 48.5 Å². The Labute approximate surface area is 193 Å². The molecule has 3 rings (SSSR count). The van der Waals surface area contributed by atoms with Crippen molar-refractivity contribution in [2.24, 2.45) is 0 Å². The van der Waals surface area contributed by atoms with Gasteiger partial charge in [-0.1, -0.05) is 44.2 Å². The van der Waals surface area contributed by atoms with E-state index in [0.717, 1.165) is 5.69 Å². The van der Waals surface area contributed by atoms with Gasteiger partial charge in [0.15, 0.2) is 0 Å². The summed E-state index contributed by atoms with van der Waals surface area (Å²) >= 11 is 0. The molecule has 0 spiro atoms. The van der Waals surface area contributed by atoms with Gasteiger partial charge in [0.05, 0.1) is 10.6 Å². The van der Waals surface area contributed by atoms with E-state index in [1.165, 1.54) is 17.4 Å². The molecule has 1 aromatic heterocycles. The maximum absolute atomic E-state index is 13.0. The van der Waals surface area contributed by atoms with Gasteiger partial charge in [0, 0.05) is 37.5 Å². The highest BCUT2D eigenvalue weighted by molar-refractivity contribution is 7.89. The molecule has 0 bridgehead atoms. The van der Waals surface area contributed by atoms with Crippen LogP contribution in [0, 0.1) is 11.3 Å². The monoisotopic (exact) mass is 463 g/mol. The number of nitriles is 1. The van der Waals surface area contributed by atoms with Crippen LogP contribution in [0.3, 0.4) is 0 Å². The van der Waals surface area contributed by atoms with Gasteiger partial charge in [-0.2, -0.15) is 14.7 Å². The first-order valence-electron chi connectivity index (χ1n) is 10.4. The Hall–Kier alpha value is -3.74. The number of rotatable bonds is 8. The number of nitrogens with one attached hydrogen (secondary N) is 1. The summed E-state index contributed by atoms with van der Waals surface area (Å²) in [6, 6.07) is 17.8. The van der Waals surface area contributed by atoms with E-state index < -0.39 is 15.9 Å². The Morgan fingerprint density at radius 1 is 1.15 bits per heavy atom. The predicted molar refractivity (Wildman–Crippen MR) is 127 cm³/mol. The van der Waals surface area contributed by atoms with Crippen molar-refractivity contribution in [1.29, 1.82) is 5.26 Å². The fourth-order valence-electron chi connectivity index (χ4n) is 3.39. The molecule has 2 aromatic carbocycles. The van der Waals surface area contributed by atoms with Gasteiger partial charge < -0.3 is 5.32 Å². The molecule has 0 saturated heterocycles. The van der Waals surface area contributed by atoms with Crippen LogP contribution in [0.2, 0.25) is 0 Å². The average molecular weight is 464 g/mol. The van der Waals surface area contributed by atoms with Crippen molar-refractivity contribution in [3.63, 3.8) is 0 Å². The van der Waals surface area contributed by atoms with Gasteiger partial charge in [-0.25, -0.2) is 13.1 Å². The molecule has 0 aliphatic carbocycles. The summed E-state index contributed by atoms with van der Waals surface area (Å²) in [5.41, 5.74) is 2.21. The van der Waals surface area contributed by atoms with E-state index in [2.05, 4.69) is 10.4 Å². The van der Waals surface area contributed by atoms with Crippen molar-refractivity contribution in [2.45, 2.75) is 18.7 Å². The Morgan fingerprint density at radius 3 is 2.45 bits per heavy atom. The molecule has 0 aliphatic rings. The number of nitrogens with zero attached hydrogens (tertiary/aromatic N) is 4. The average Bonchev–Trinajstić information content (AvgIpc) is 3.27. The van der Waals surface area contributed by atoms with Crippen molar-refractivity contribution < 1.29 is 13.2 Å². The second-order valence-corrected chi connectivity index (χ2v) is 9.02. The van der Waals surface area contributed by atoms with Crippen LogP contribution in [0.4, 0.5) is 0 Å². The van der Waals surface area contributed by atoms with E-state index in [0.29, 0.717) is 29.9 Å². The van der Waals surface area contributed by atoms with Crippen LogP contribution in [0.1, 0.15) is 19.4 Å². The summed E-state index contributed by atoms with van der Waals surface area (Å²) < 4.78 is 29.1. The van der Waals surface area contributed by atoms with Gasteiger partial charge in [0.2, 0.25) is 10.0 Å². The van der Waals surface area contributed by atoms with Gasteiger partial charge in [0.25, 0.3) is 5.91 Å². The minimum absolute atomic E-state index is 0.0849. The number of hydrogen-bond donors (Lipinski definition) is 1. The molecular weight excluding hydrogens is 438 g/mol. The van der Waals surface area contributed by atoms with Gasteiger partial charge in [-0.15, -0.1) is 0 Å². The topological polar surface area (TPSA) is 108 Å². The lowest BCUT2D eigenvalue weighted by Gasteiger charge is -2.18. The standard InChI is InChI=1S/C24H25N5O3S/c1-4-28(5-2)33(31,32)22-13-9-10-18(15-22)23-20(14-19(16-25)24(30)26-3)17-29(27-23)21-11-7-6-8-12-21/h6-15,17H,4-5H2,1-3H3,(H,26,30)/b19-14-. The molecule has 0 radical (unpaired) electrons. The smallest absolute Gasteiger partial charge is 0.261 e. The molecule has 0 saturated carbocycles. The van der Waals surface area contributed by atoms with Gasteiger partial charge >= 0.3 is 0 Å². The van der Waals surface area contributed by atoms with E-state index in [1.807, 2.05) is 36.4 Å². The third-order valence-corrected chi connectivity index (χ3v) is 7.15. The Bertz CT molecular complexity index is 1320. The normalized spacial score (nSPS) is 11.9. The summed E-state index contributed by atoms with van der Waals surface area (Å²) in [5, 5.41) is 16.5. The van der Waals surface area contributed by atoms with Crippen LogP contribution in [-0.2, 0) is 14.8 Å². The predicted octanol–water partition coefficient (Wildman–Crippen LogP) is 3.22. The molecule has 1 N–H and O–H groups in total. The summed E-state index contributed by atoms with van der Waals surface area (Å²) in [6.45, 7) is 4.30. The maximum atomic E-state index is 13.0. The lowest BCUT2D eigenvalue weighted by Crippen LogP contribution is -2.30. The number of benzene rings is 2. The zero-order chi connectivity index (χ0) is 24.0. The maximum Gasteiger partial charge on any atom is 0.261 e. The first-order chi connectivity index (χ1) is 15.8. The minimum Gasteiger partial charge on any atom is -0.354 e. The van der Waals surface area contributed by atoms with Crippen molar-refractivity contribution in [1.82, 2.24) is 19.4 Å². The summed E-state index contributed by atoms with van der Waals surface area (Å²) in [4.78, 5) is 12.2. The van der Waals surface area contributed by atoms with Gasteiger partial charge in [-0.05, 0) is 30.3 Å². The van der Waals surface area contributed by atoms with Crippen LogP contribution < -0.4 is 5.32 Å². The van der Waals surface area contributed by atoms with E-state index >= 15 is 0 Å². The Morgan fingerprint density at radius 2 is 1.85 bits per heavy atom. The third-order valence-electron chi connectivity index (χ3n) is 5.11. The van der Waals surface area contributed by atoms with Gasteiger partial charge in [0.1, 0.15) is 17.3 Å². The second-order valence-electron chi connectivity index (χ2n) is 7.08. The summed E-state index contributed by atoms with van der Waals surface area (Å²) in [7, 11) is -2.22. The van der Waals surface area contributed by atoms with Crippen LogP contribution in [0.5, 0.6) is 0 Å². The highest BCUT2D eigenvalue weighted by atomic mass is 32.2. The van der Waals surface area contributed by atoms with E-state index in [9.17, 15) is 18.5 Å². The summed E-state index contributed by atoms with van der Waals surface area (Å²) in [6.07, 6.45) is 3.16. The molecule has 0 atom stereocenters. The number of amides is 1. The molecule has 170 valence electrons. The Balaban J connectivity index is 2.20. The highest BCUT2D eigenvalue weighted by Gasteiger charge is 2.23. The van der Waals surface area contributed by atoms with Crippen LogP contribution >= 0.6 is 0 Å². The van der Waals surface area contributed by atoms with Crippen LogP contribution in [0.15, 0.2) is 71.3 Å². The number of likely N-dealkylation sites (N-methyl/N-ethyl adjacent to an activating group) is 1. The van der Waals surface area contributed by atoms with E-state index in [1.54, 1.807) is 49.0 Å². The molecule has 8 nitrogen and oxygen atoms in total. The van der Waals surface area contributed by atoms with E-state index in [-0.39, 0.29) is 10.5 Å². The fourth-order valence-corrected chi connectivity index (χ4v) is 4.89. The number of sulfonamides is 1. The zero-order valence-electron chi connectivity index (χ0n) is 18.7. The molecule has 0 aliphatic heterocycles. The quantitative estimate of drug-likeness (QED) is 0.408. The SMILES string of the molecule is CCN(CC)S(=O)(=O)c1cccc(-c2nn(-c3ccccc3)cc2/C=C(/C#N)C(=O)NC)c1. The van der Waals surface area contributed by atoms with Crippen molar-refractivity contribution in [2.75, 3.05) is 20.1 Å². The molecule has 1 amide bonds. The first-order valence-corrected chi connectivity index (χ1v) is 11.9. The zero-order valence-corrected chi connectivity index (χ0v) is 19.5. The molecule has 3 aromatic rings. The van der Waals surface area contributed by atoms with Crippen molar-refractivity contribution in [3.05, 3.63) is 71.9 Å². The third kappa shape index (κ3) is 5.03.